The van der Waals surface area contributed by atoms with Gasteiger partial charge in [0, 0.05) is 13.1 Å². The second-order valence-electron chi connectivity index (χ2n) is 6.83. The zero-order chi connectivity index (χ0) is 17.5. The van der Waals surface area contributed by atoms with Gasteiger partial charge in [-0.1, -0.05) is 35.6 Å². The minimum Gasteiger partial charge on any atom is -0.348 e. The zero-order valence-electron chi connectivity index (χ0n) is 15.2. The van der Waals surface area contributed by atoms with Crippen LogP contribution in [0.15, 0.2) is 48.5 Å². The standard InChI is InChI=1S/C20H20N4S2.2ClH/c21-18(19-22-14-5-1-3-7-16(14)25-19)13-9-11-24(12-10-13)20-23-15-6-2-4-8-17(15)26-20;;/h1-8,13,18H,9-12,21H2;2*1H. The van der Waals surface area contributed by atoms with Gasteiger partial charge in [0.2, 0.25) is 0 Å². The number of nitrogens with two attached hydrogens (primary N) is 1. The summed E-state index contributed by atoms with van der Waals surface area (Å²) >= 11 is 3.53. The Morgan fingerprint density at radius 1 is 0.857 bits per heavy atom. The molecule has 0 saturated carbocycles. The fourth-order valence-corrected chi connectivity index (χ4v) is 5.76. The van der Waals surface area contributed by atoms with Gasteiger partial charge in [-0.25, -0.2) is 9.97 Å². The molecule has 1 atom stereocenters. The number of piperidine rings is 1. The number of halogens is 2. The van der Waals surface area contributed by atoms with Crippen molar-refractivity contribution < 1.29 is 0 Å². The zero-order valence-corrected chi connectivity index (χ0v) is 18.4. The summed E-state index contributed by atoms with van der Waals surface area (Å²) in [6.45, 7) is 2.03. The highest BCUT2D eigenvalue weighted by molar-refractivity contribution is 7.22. The molecule has 4 nitrogen and oxygen atoms in total. The molecule has 28 heavy (non-hydrogen) atoms. The van der Waals surface area contributed by atoms with Gasteiger partial charge in [0.15, 0.2) is 5.13 Å². The third kappa shape index (κ3) is 3.98. The highest BCUT2D eigenvalue weighted by atomic mass is 35.5. The lowest BCUT2D eigenvalue weighted by Gasteiger charge is -2.33. The molecule has 1 unspecified atom stereocenters. The van der Waals surface area contributed by atoms with E-state index in [1.54, 1.807) is 22.7 Å². The Labute approximate surface area is 184 Å². The van der Waals surface area contributed by atoms with E-state index < -0.39 is 0 Å². The van der Waals surface area contributed by atoms with E-state index in [0.29, 0.717) is 5.92 Å². The molecule has 0 bridgehead atoms. The van der Waals surface area contributed by atoms with Crippen molar-refractivity contribution in [2.75, 3.05) is 18.0 Å². The fraction of sp³-hybridized carbons (Fsp3) is 0.300. The van der Waals surface area contributed by atoms with E-state index in [9.17, 15) is 0 Å². The average molecular weight is 453 g/mol. The van der Waals surface area contributed by atoms with E-state index in [1.165, 1.54) is 9.40 Å². The van der Waals surface area contributed by atoms with Crippen LogP contribution in [0.5, 0.6) is 0 Å². The van der Waals surface area contributed by atoms with E-state index in [-0.39, 0.29) is 30.9 Å². The number of rotatable bonds is 3. The smallest absolute Gasteiger partial charge is 0.186 e. The molecular formula is C20H22Cl2N4S2. The second kappa shape index (κ2) is 8.93. The first-order valence-corrected chi connectivity index (χ1v) is 10.6. The third-order valence-electron chi connectivity index (χ3n) is 5.20. The molecule has 2 aromatic carbocycles. The van der Waals surface area contributed by atoms with Crippen LogP contribution in [-0.4, -0.2) is 23.1 Å². The van der Waals surface area contributed by atoms with Crippen molar-refractivity contribution in [3.05, 3.63) is 53.5 Å². The van der Waals surface area contributed by atoms with Crippen LogP contribution in [-0.2, 0) is 0 Å². The first-order valence-electron chi connectivity index (χ1n) is 8.99. The van der Waals surface area contributed by atoms with Crippen LogP contribution < -0.4 is 10.6 Å². The minimum atomic E-state index is 0. The van der Waals surface area contributed by atoms with Crippen molar-refractivity contribution in [3.8, 4) is 0 Å². The number of hydrogen-bond donors (Lipinski definition) is 1. The number of hydrogen-bond acceptors (Lipinski definition) is 6. The molecule has 0 radical (unpaired) electrons. The van der Waals surface area contributed by atoms with Crippen molar-refractivity contribution in [3.63, 3.8) is 0 Å². The Kier molecular flexibility index (Phi) is 6.78. The molecule has 5 rings (SSSR count). The first-order chi connectivity index (χ1) is 12.8. The van der Waals surface area contributed by atoms with E-state index >= 15 is 0 Å². The van der Waals surface area contributed by atoms with Gasteiger partial charge in [-0.15, -0.1) is 36.2 Å². The number of thiazole rings is 2. The van der Waals surface area contributed by atoms with Crippen LogP contribution in [0.1, 0.15) is 23.9 Å². The van der Waals surface area contributed by atoms with Gasteiger partial charge in [0.25, 0.3) is 0 Å². The van der Waals surface area contributed by atoms with E-state index in [4.69, 9.17) is 15.7 Å². The monoisotopic (exact) mass is 452 g/mol. The average Bonchev–Trinajstić information content (AvgIpc) is 3.31. The largest absolute Gasteiger partial charge is 0.348 e. The minimum absolute atomic E-state index is 0. The molecule has 3 heterocycles. The Balaban J connectivity index is 0.00000112. The van der Waals surface area contributed by atoms with Gasteiger partial charge in [-0.3, -0.25) is 0 Å². The Morgan fingerprint density at radius 2 is 1.43 bits per heavy atom. The highest BCUT2D eigenvalue weighted by Crippen LogP contribution is 2.36. The van der Waals surface area contributed by atoms with Crippen molar-refractivity contribution in [2.24, 2.45) is 11.7 Å². The molecule has 0 aliphatic carbocycles. The van der Waals surface area contributed by atoms with Gasteiger partial charge in [-0.2, -0.15) is 0 Å². The quantitative estimate of drug-likeness (QED) is 0.435. The molecule has 2 N–H and O–H groups in total. The molecule has 1 fully saturated rings. The summed E-state index contributed by atoms with van der Waals surface area (Å²) in [5.74, 6) is 0.487. The van der Waals surface area contributed by atoms with Gasteiger partial charge < -0.3 is 10.6 Å². The highest BCUT2D eigenvalue weighted by Gasteiger charge is 2.28. The van der Waals surface area contributed by atoms with Crippen LogP contribution in [0.25, 0.3) is 20.4 Å². The number of nitrogens with zero attached hydrogens (tertiary/aromatic N) is 3. The van der Waals surface area contributed by atoms with Gasteiger partial charge in [0.1, 0.15) is 5.01 Å². The summed E-state index contributed by atoms with van der Waals surface area (Å²) in [4.78, 5) is 12.0. The number of fused-ring (bicyclic) bond motifs is 2. The molecule has 1 aliphatic rings. The topological polar surface area (TPSA) is 55.0 Å². The molecule has 8 heteroatoms. The van der Waals surface area contributed by atoms with Crippen LogP contribution in [0.2, 0.25) is 0 Å². The van der Waals surface area contributed by atoms with Gasteiger partial charge in [-0.05, 0) is 43.0 Å². The number of anilines is 1. The Bertz CT molecular complexity index is 990. The molecule has 0 amide bonds. The number of para-hydroxylation sites is 2. The molecule has 148 valence electrons. The van der Waals surface area contributed by atoms with Gasteiger partial charge in [0.05, 0.1) is 26.5 Å². The number of aromatic nitrogens is 2. The van der Waals surface area contributed by atoms with Crippen LogP contribution >= 0.6 is 47.5 Å². The lowest BCUT2D eigenvalue weighted by atomic mass is 9.90. The normalized spacial score (nSPS) is 16.0. The number of benzene rings is 2. The maximum absolute atomic E-state index is 6.60. The Morgan fingerprint density at radius 3 is 2.04 bits per heavy atom. The summed E-state index contributed by atoms with van der Waals surface area (Å²) in [5.41, 5.74) is 8.76. The summed E-state index contributed by atoms with van der Waals surface area (Å²) in [5, 5.41) is 2.21. The molecular weight excluding hydrogens is 431 g/mol. The molecule has 4 aromatic rings. The molecule has 2 aromatic heterocycles. The SMILES string of the molecule is Cl.Cl.NC(c1nc2ccccc2s1)C1CCN(c2nc3ccccc3s2)CC1. The van der Waals surface area contributed by atoms with E-state index in [0.717, 1.165) is 47.1 Å². The van der Waals surface area contributed by atoms with Crippen LogP contribution in [0.3, 0.4) is 0 Å². The lowest BCUT2D eigenvalue weighted by molar-refractivity contribution is 0.344. The lowest BCUT2D eigenvalue weighted by Crippen LogP contribution is -2.37. The predicted molar refractivity (Wildman–Crippen MR) is 126 cm³/mol. The van der Waals surface area contributed by atoms with Gasteiger partial charge >= 0.3 is 0 Å². The summed E-state index contributed by atoms with van der Waals surface area (Å²) < 4.78 is 2.49. The summed E-state index contributed by atoms with van der Waals surface area (Å²) in [6.07, 6.45) is 2.18. The van der Waals surface area contributed by atoms with Crippen molar-refractivity contribution in [1.29, 1.82) is 0 Å². The van der Waals surface area contributed by atoms with Crippen molar-refractivity contribution in [2.45, 2.75) is 18.9 Å². The third-order valence-corrected chi connectivity index (χ3v) is 7.43. The summed E-state index contributed by atoms with van der Waals surface area (Å²) in [7, 11) is 0. The predicted octanol–water partition coefficient (Wildman–Crippen LogP) is 5.67. The molecule has 0 spiro atoms. The molecule has 1 aliphatic heterocycles. The van der Waals surface area contributed by atoms with Crippen molar-refractivity contribution in [1.82, 2.24) is 9.97 Å². The second-order valence-corrected chi connectivity index (χ2v) is 8.91. The first kappa shape index (κ1) is 21.3. The van der Waals surface area contributed by atoms with E-state index in [1.807, 2.05) is 6.07 Å². The summed E-state index contributed by atoms with van der Waals surface area (Å²) in [6, 6.07) is 16.7. The Hall–Kier alpha value is -1.44. The maximum Gasteiger partial charge on any atom is 0.186 e. The molecule has 1 saturated heterocycles. The van der Waals surface area contributed by atoms with Crippen LogP contribution in [0, 0.1) is 5.92 Å². The van der Waals surface area contributed by atoms with E-state index in [2.05, 4.69) is 47.4 Å². The fourth-order valence-electron chi connectivity index (χ4n) is 3.68. The van der Waals surface area contributed by atoms with Crippen LogP contribution in [0.4, 0.5) is 5.13 Å². The van der Waals surface area contributed by atoms with Crippen molar-refractivity contribution >= 4 is 73.1 Å². The maximum atomic E-state index is 6.60.